The molecule has 0 aliphatic rings. The number of rotatable bonds is 2. The largest absolute Gasteiger partial charge is 0.383 e. The molecule has 0 radical (unpaired) electrons. The molecule has 0 fully saturated rings. The minimum Gasteiger partial charge on any atom is -0.383 e. The van der Waals surface area contributed by atoms with Crippen molar-refractivity contribution in [2.45, 2.75) is 27.7 Å². The molecular weight excluding hydrogens is 327 g/mol. The third-order valence-corrected chi connectivity index (χ3v) is 4.67. The molecule has 0 saturated heterocycles. The van der Waals surface area contributed by atoms with Gasteiger partial charge >= 0.3 is 0 Å². The maximum absolute atomic E-state index is 15.2. The van der Waals surface area contributed by atoms with E-state index in [1.807, 2.05) is 55.9 Å². The Balaban J connectivity index is 0.00000196. The lowest BCUT2D eigenvalue weighted by Crippen LogP contribution is -1.95. The minimum atomic E-state index is -0.278. The Morgan fingerprint density at radius 3 is 2.69 bits per heavy atom. The fourth-order valence-corrected chi connectivity index (χ4v) is 3.40. The first-order valence-electron chi connectivity index (χ1n) is 8.29. The number of aryl methyl sites for hydroxylation is 3. The standard InChI is InChI=1S/C20H19FN4.CH4/c1-4-13-8-12-5-6-14(19(21)15(12)9-23-13)16-10-25(3)17-7-11(2)24-20(22)18(16)17;/h5-10H,4H2,1-3H3,(H2,22,24);1H4. The van der Waals surface area contributed by atoms with Crippen LogP contribution in [0.4, 0.5) is 10.2 Å². The van der Waals surface area contributed by atoms with Gasteiger partial charge < -0.3 is 10.3 Å². The Labute approximate surface area is 152 Å². The average molecular weight is 350 g/mol. The van der Waals surface area contributed by atoms with Gasteiger partial charge in [-0.25, -0.2) is 9.37 Å². The summed E-state index contributed by atoms with van der Waals surface area (Å²) < 4.78 is 17.2. The predicted octanol–water partition coefficient (Wildman–Crippen LogP) is 5.02. The van der Waals surface area contributed by atoms with Crippen molar-refractivity contribution in [3.8, 4) is 11.1 Å². The second-order valence-corrected chi connectivity index (χ2v) is 6.37. The van der Waals surface area contributed by atoms with Crippen molar-refractivity contribution in [2.24, 2.45) is 7.05 Å². The molecule has 26 heavy (non-hydrogen) atoms. The number of nitrogens with two attached hydrogens (primary N) is 1. The lowest BCUT2D eigenvalue weighted by molar-refractivity contribution is 0.643. The molecule has 1 aromatic carbocycles. The molecule has 0 saturated carbocycles. The summed E-state index contributed by atoms with van der Waals surface area (Å²) in [5.41, 5.74) is 10.2. The Kier molecular flexibility index (Phi) is 4.40. The maximum Gasteiger partial charge on any atom is 0.140 e. The van der Waals surface area contributed by atoms with E-state index >= 15 is 4.39 Å². The van der Waals surface area contributed by atoms with E-state index in [0.29, 0.717) is 16.8 Å². The molecule has 3 heterocycles. The van der Waals surface area contributed by atoms with Crippen molar-refractivity contribution in [3.05, 3.63) is 53.9 Å². The normalized spacial score (nSPS) is 11.1. The van der Waals surface area contributed by atoms with Gasteiger partial charge in [0, 0.05) is 52.7 Å². The fourth-order valence-electron chi connectivity index (χ4n) is 3.40. The molecule has 2 N–H and O–H groups in total. The monoisotopic (exact) mass is 350 g/mol. The molecular formula is C21H23FN4. The zero-order chi connectivity index (χ0) is 17.7. The first-order chi connectivity index (χ1) is 12.0. The van der Waals surface area contributed by atoms with Gasteiger partial charge in [-0.05, 0) is 30.9 Å². The van der Waals surface area contributed by atoms with Crippen LogP contribution in [-0.2, 0) is 13.5 Å². The molecule has 4 rings (SSSR count). The van der Waals surface area contributed by atoms with Crippen LogP contribution in [-0.4, -0.2) is 14.5 Å². The van der Waals surface area contributed by atoms with Crippen LogP contribution < -0.4 is 5.73 Å². The maximum atomic E-state index is 15.2. The number of halogens is 1. The highest BCUT2D eigenvalue weighted by Crippen LogP contribution is 2.37. The Morgan fingerprint density at radius 2 is 1.96 bits per heavy atom. The predicted molar refractivity (Wildman–Crippen MR) is 107 cm³/mol. The molecule has 0 unspecified atom stereocenters. The third-order valence-electron chi connectivity index (χ3n) is 4.67. The van der Waals surface area contributed by atoms with Crippen molar-refractivity contribution in [1.29, 1.82) is 0 Å². The zero-order valence-electron chi connectivity index (χ0n) is 14.5. The zero-order valence-corrected chi connectivity index (χ0v) is 14.5. The van der Waals surface area contributed by atoms with Crippen molar-refractivity contribution in [2.75, 3.05) is 5.73 Å². The lowest BCUT2D eigenvalue weighted by atomic mass is 10.0. The molecule has 3 aromatic heterocycles. The van der Waals surface area contributed by atoms with Crippen LogP contribution in [0.3, 0.4) is 0 Å². The third kappa shape index (κ3) is 2.60. The van der Waals surface area contributed by atoms with Gasteiger partial charge in [-0.2, -0.15) is 0 Å². The number of nitrogen functional groups attached to an aromatic ring is 1. The molecule has 0 bridgehead atoms. The molecule has 0 atom stereocenters. The minimum absolute atomic E-state index is 0. The van der Waals surface area contributed by atoms with Crippen LogP contribution in [0.1, 0.15) is 25.7 Å². The van der Waals surface area contributed by atoms with Crippen LogP contribution in [0.2, 0.25) is 0 Å². The van der Waals surface area contributed by atoms with Gasteiger partial charge in [0.2, 0.25) is 0 Å². The van der Waals surface area contributed by atoms with E-state index in [1.165, 1.54) is 0 Å². The summed E-state index contributed by atoms with van der Waals surface area (Å²) in [5, 5.41) is 2.16. The Bertz CT molecular complexity index is 1130. The number of pyridine rings is 2. The van der Waals surface area contributed by atoms with Crippen molar-refractivity contribution in [3.63, 3.8) is 0 Å². The molecule has 5 heteroatoms. The topological polar surface area (TPSA) is 56.7 Å². The highest BCUT2D eigenvalue weighted by atomic mass is 19.1. The van der Waals surface area contributed by atoms with Crippen LogP contribution in [0.15, 0.2) is 36.7 Å². The first kappa shape index (κ1) is 17.9. The number of hydrogen-bond acceptors (Lipinski definition) is 3. The summed E-state index contributed by atoms with van der Waals surface area (Å²) in [7, 11) is 1.93. The van der Waals surface area contributed by atoms with E-state index in [1.54, 1.807) is 6.20 Å². The SMILES string of the molecule is C.CCc1cc2ccc(-c3cn(C)c4cc(C)nc(N)c34)c(F)c2cn1. The summed E-state index contributed by atoms with van der Waals surface area (Å²) >= 11 is 0. The number of anilines is 1. The molecule has 0 spiro atoms. The van der Waals surface area contributed by atoms with Crippen LogP contribution in [0, 0.1) is 12.7 Å². The van der Waals surface area contributed by atoms with Crippen molar-refractivity contribution in [1.82, 2.24) is 14.5 Å². The fraction of sp³-hybridized carbons (Fsp3) is 0.238. The number of nitrogens with zero attached hydrogens (tertiary/aromatic N) is 3. The highest BCUT2D eigenvalue weighted by molar-refractivity contribution is 6.04. The average Bonchev–Trinajstić information content (AvgIpc) is 2.91. The van der Waals surface area contributed by atoms with Gasteiger partial charge in [0.25, 0.3) is 0 Å². The molecule has 4 aromatic rings. The van der Waals surface area contributed by atoms with E-state index in [4.69, 9.17) is 5.73 Å². The van der Waals surface area contributed by atoms with Gasteiger partial charge in [-0.1, -0.05) is 26.5 Å². The highest BCUT2D eigenvalue weighted by Gasteiger charge is 2.17. The second-order valence-electron chi connectivity index (χ2n) is 6.37. The Hall–Kier alpha value is -2.95. The van der Waals surface area contributed by atoms with E-state index in [2.05, 4.69) is 9.97 Å². The Morgan fingerprint density at radius 1 is 1.19 bits per heavy atom. The molecule has 134 valence electrons. The number of fused-ring (bicyclic) bond motifs is 2. The summed E-state index contributed by atoms with van der Waals surface area (Å²) in [6.45, 7) is 3.93. The van der Waals surface area contributed by atoms with Crippen molar-refractivity contribution < 1.29 is 4.39 Å². The quantitative estimate of drug-likeness (QED) is 0.552. The van der Waals surface area contributed by atoms with Gasteiger partial charge in [0.15, 0.2) is 0 Å². The van der Waals surface area contributed by atoms with Crippen LogP contribution in [0.5, 0.6) is 0 Å². The molecule has 0 amide bonds. The molecule has 0 aliphatic carbocycles. The summed E-state index contributed by atoms with van der Waals surface area (Å²) in [4.78, 5) is 8.68. The summed E-state index contributed by atoms with van der Waals surface area (Å²) in [6, 6.07) is 7.64. The number of hydrogen-bond donors (Lipinski definition) is 1. The van der Waals surface area contributed by atoms with Crippen LogP contribution >= 0.6 is 0 Å². The van der Waals surface area contributed by atoms with E-state index < -0.39 is 0 Å². The van der Waals surface area contributed by atoms with Crippen LogP contribution in [0.25, 0.3) is 32.8 Å². The number of aromatic nitrogens is 3. The van der Waals surface area contributed by atoms with Gasteiger partial charge in [0.1, 0.15) is 11.6 Å². The van der Waals surface area contributed by atoms with Gasteiger partial charge in [0.05, 0.1) is 5.52 Å². The smallest absolute Gasteiger partial charge is 0.140 e. The molecule has 0 aliphatic heterocycles. The van der Waals surface area contributed by atoms with Gasteiger partial charge in [-0.15, -0.1) is 0 Å². The van der Waals surface area contributed by atoms with Crippen molar-refractivity contribution >= 4 is 27.5 Å². The number of benzene rings is 1. The molecule has 4 nitrogen and oxygen atoms in total. The van der Waals surface area contributed by atoms with E-state index in [-0.39, 0.29) is 13.2 Å². The summed E-state index contributed by atoms with van der Waals surface area (Å²) in [5.74, 6) is 0.143. The lowest BCUT2D eigenvalue weighted by Gasteiger charge is -2.08. The van der Waals surface area contributed by atoms with E-state index in [0.717, 1.165) is 39.7 Å². The van der Waals surface area contributed by atoms with E-state index in [9.17, 15) is 0 Å². The second kappa shape index (κ2) is 6.41. The van der Waals surface area contributed by atoms with Gasteiger partial charge in [-0.3, -0.25) is 4.98 Å². The first-order valence-corrected chi connectivity index (χ1v) is 8.29. The summed E-state index contributed by atoms with van der Waals surface area (Å²) in [6.07, 6.45) is 4.34.